The highest BCUT2D eigenvalue weighted by atomic mass is 16.4. The molecule has 4 radical (unpaired) electrons. The standard InChI is InChI=1S/CH3NO2.C/c2-1(3)4;/h2H2,(H,3,4);/i/hD. The highest BCUT2D eigenvalue weighted by Crippen LogP contribution is 1.34. The summed E-state index contributed by atoms with van der Waals surface area (Å²) in [6.45, 7) is 0. The average Bonchev–Trinajstić information content (AvgIpc) is 1.38. The summed E-state index contributed by atoms with van der Waals surface area (Å²) in [5, 5.41) is 7.42. The summed E-state index contributed by atoms with van der Waals surface area (Å²) in [5.41, 5.74) is 1.19. The number of carboxylic acid groups (broad SMARTS) is 1. The van der Waals surface area contributed by atoms with Crippen molar-refractivity contribution < 1.29 is 11.3 Å². The van der Waals surface area contributed by atoms with E-state index < -0.39 is 6.09 Å². The van der Waals surface area contributed by atoms with E-state index in [2.05, 4.69) is 0 Å². The molecule has 3 N–H and O–H groups in total. The minimum atomic E-state index is -1.33. The molecule has 0 aromatic carbocycles. The van der Waals surface area contributed by atoms with Crippen LogP contribution in [-0.4, -0.2) is 11.2 Å². The minimum Gasteiger partial charge on any atom is -0.465 e. The average molecular weight is 74.1 g/mol. The normalized spacial score (nSPS) is 6.80. The lowest BCUT2D eigenvalue weighted by Crippen LogP contribution is -2.03. The van der Waals surface area contributed by atoms with Crippen LogP contribution in [0.4, 0.5) is 4.79 Å². The van der Waals surface area contributed by atoms with Crippen molar-refractivity contribution in [3.05, 3.63) is 7.43 Å². The Labute approximate surface area is 31.9 Å². The molecule has 5 heavy (non-hydrogen) atoms. The molecule has 0 saturated carbocycles. The largest absolute Gasteiger partial charge is 0.465 e. The molecule has 1 amide bonds. The zero-order valence-electron chi connectivity index (χ0n) is 3.36. The first-order chi connectivity index (χ1) is 2.27. The maximum atomic E-state index is 9.07. The van der Waals surface area contributed by atoms with Gasteiger partial charge in [-0.05, 0) is 0 Å². The molecule has 3 nitrogen and oxygen atoms in total. The first-order valence-corrected chi connectivity index (χ1v) is 0.678. The van der Waals surface area contributed by atoms with Crippen LogP contribution in [0.2, 0.25) is 1.41 Å². The molecule has 0 aliphatic carbocycles. The molecule has 0 heterocycles. The van der Waals surface area contributed by atoms with Gasteiger partial charge in [0.15, 0.2) is 1.41 Å². The van der Waals surface area contributed by atoms with Gasteiger partial charge in [-0.3, -0.25) is 0 Å². The number of nitrogens with two attached hydrogens (primary N) is 1. The molecular weight excluding hydrogens is 70.0 g/mol. The van der Waals surface area contributed by atoms with Gasteiger partial charge in [0.1, 0.15) is 0 Å². The van der Waals surface area contributed by atoms with Crippen molar-refractivity contribution >= 4 is 6.09 Å². The van der Waals surface area contributed by atoms with E-state index in [0.717, 1.165) is 0 Å². The van der Waals surface area contributed by atoms with Crippen molar-refractivity contribution in [3.63, 3.8) is 0 Å². The molecule has 0 bridgehead atoms. The molecule has 0 rings (SSSR count). The Kier molecular flexibility index (Phi) is 2.79. The minimum absolute atomic E-state index is 0. The van der Waals surface area contributed by atoms with Crippen LogP contribution in [0, 0.1) is 7.43 Å². The second-order valence-corrected chi connectivity index (χ2v) is 0.305. The molecule has 0 fully saturated rings. The number of hydrogen-bond acceptors (Lipinski definition) is 1. The maximum Gasteiger partial charge on any atom is 0.402 e. The molecule has 3 heteroatoms. The second kappa shape index (κ2) is 3.27. The Morgan fingerprint density at radius 1 is 2.20 bits per heavy atom. The van der Waals surface area contributed by atoms with Crippen LogP contribution in [0.1, 0.15) is 0 Å². The SMILES string of the molecule is [2H]NC(=O)O.[C]. The second-order valence-electron chi connectivity index (χ2n) is 0.305. The van der Waals surface area contributed by atoms with Gasteiger partial charge in [-0.15, -0.1) is 0 Å². The number of hydrogen-bond donors (Lipinski definition) is 2. The number of carbonyl (C=O) groups is 1. The summed E-state index contributed by atoms with van der Waals surface area (Å²) in [6, 6.07) is 0. The Bertz CT molecular complexity index is 46.8. The topological polar surface area (TPSA) is 63.3 Å². The van der Waals surface area contributed by atoms with Gasteiger partial charge in [0.05, 0.1) is 0 Å². The van der Waals surface area contributed by atoms with Crippen LogP contribution in [0.25, 0.3) is 0 Å². The first-order valence-electron chi connectivity index (χ1n) is 1.18. The highest BCUT2D eigenvalue weighted by molar-refractivity contribution is 5.61. The lowest BCUT2D eigenvalue weighted by Gasteiger charge is -1.61. The quantitative estimate of drug-likeness (QED) is 0.414. The lowest BCUT2D eigenvalue weighted by atomic mass is 11.3. The van der Waals surface area contributed by atoms with Gasteiger partial charge in [0, 0.05) is 7.43 Å². The fourth-order valence-corrected chi connectivity index (χ4v) is 0. The smallest absolute Gasteiger partial charge is 0.402 e. The summed E-state index contributed by atoms with van der Waals surface area (Å²) in [4.78, 5) is 9.07. The van der Waals surface area contributed by atoms with E-state index in [-0.39, 0.29) is 7.43 Å². The van der Waals surface area contributed by atoms with Crippen LogP contribution in [0.3, 0.4) is 0 Å². The Morgan fingerprint density at radius 3 is 2.40 bits per heavy atom. The molecule has 0 atom stereocenters. The zero-order valence-corrected chi connectivity index (χ0v) is 2.36. The van der Waals surface area contributed by atoms with Gasteiger partial charge in [-0.2, -0.15) is 0 Å². The number of rotatable bonds is 0. The molecule has 0 aromatic rings. The van der Waals surface area contributed by atoms with Crippen LogP contribution in [0.5, 0.6) is 0 Å². The van der Waals surface area contributed by atoms with E-state index in [4.69, 9.17) is 11.3 Å². The molecule has 28 valence electrons. The van der Waals surface area contributed by atoms with Crippen molar-refractivity contribution in [3.8, 4) is 0 Å². The third-order valence-electron chi connectivity index (χ3n) is 0. The number of amides is 1. The Hall–Kier alpha value is -0.730. The van der Waals surface area contributed by atoms with Crippen molar-refractivity contribution in [1.29, 1.82) is 0 Å². The maximum absolute atomic E-state index is 9.07. The van der Waals surface area contributed by atoms with E-state index in [1.807, 2.05) is 0 Å². The van der Waals surface area contributed by atoms with Crippen molar-refractivity contribution in [1.82, 2.24) is 0 Å². The van der Waals surface area contributed by atoms with Gasteiger partial charge >= 0.3 is 6.09 Å². The summed E-state index contributed by atoms with van der Waals surface area (Å²) in [5.74, 6) is 0. The number of primary amides is 1. The van der Waals surface area contributed by atoms with E-state index >= 15 is 0 Å². The van der Waals surface area contributed by atoms with Crippen molar-refractivity contribution in [2.45, 2.75) is 0 Å². The van der Waals surface area contributed by atoms with Gasteiger partial charge in [0.25, 0.3) is 0 Å². The highest BCUT2D eigenvalue weighted by Gasteiger charge is 1.65. The Balaban J connectivity index is 0. The fraction of sp³-hybridized carbons (Fsp3) is 0. The first kappa shape index (κ1) is 4.27. The monoisotopic (exact) mass is 74.0 g/mol. The molecule has 0 saturated heterocycles. The van der Waals surface area contributed by atoms with Gasteiger partial charge in [-0.1, -0.05) is 0 Å². The van der Waals surface area contributed by atoms with Gasteiger partial charge in [-0.25, -0.2) is 4.79 Å². The van der Waals surface area contributed by atoms with Crippen LogP contribution in [0.15, 0.2) is 0 Å². The van der Waals surface area contributed by atoms with Crippen molar-refractivity contribution in [2.75, 3.05) is 0 Å². The molecular formula is C2H3NO2. The third kappa shape index (κ3) is 9.90. The fourth-order valence-electron chi connectivity index (χ4n) is 0. The predicted molar refractivity (Wildman–Crippen MR) is 15.5 cm³/mol. The third-order valence-corrected chi connectivity index (χ3v) is 0. The van der Waals surface area contributed by atoms with Crippen LogP contribution >= 0.6 is 0 Å². The van der Waals surface area contributed by atoms with Crippen molar-refractivity contribution in [2.24, 2.45) is 5.73 Å². The molecule has 0 spiro atoms. The summed E-state index contributed by atoms with van der Waals surface area (Å²) in [7, 11) is 0. The van der Waals surface area contributed by atoms with E-state index in [1.165, 1.54) is 5.73 Å². The zero-order chi connectivity index (χ0) is 4.28. The van der Waals surface area contributed by atoms with Gasteiger partial charge < -0.3 is 10.8 Å². The van der Waals surface area contributed by atoms with E-state index in [0.29, 0.717) is 0 Å². The summed E-state index contributed by atoms with van der Waals surface area (Å²) < 4.78 is 5.81. The Morgan fingerprint density at radius 2 is 2.40 bits per heavy atom. The van der Waals surface area contributed by atoms with Crippen LogP contribution in [-0.2, 0) is 0 Å². The van der Waals surface area contributed by atoms with Gasteiger partial charge in [0.2, 0.25) is 0 Å². The predicted octanol–water partition coefficient (Wildman–Crippen LogP) is -0.296. The van der Waals surface area contributed by atoms with Crippen LogP contribution < -0.4 is 5.73 Å². The molecule has 0 unspecified atom stereocenters. The molecule has 0 aliphatic heterocycles. The lowest BCUT2D eigenvalue weighted by molar-refractivity contribution is 0.205. The summed E-state index contributed by atoms with van der Waals surface area (Å²) >= 11 is 0. The molecule has 0 aromatic heterocycles. The van der Waals surface area contributed by atoms with E-state index in [9.17, 15) is 0 Å². The summed E-state index contributed by atoms with van der Waals surface area (Å²) in [6.07, 6.45) is -1.33. The molecule has 0 aliphatic rings. The van der Waals surface area contributed by atoms with E-state index in [1.54, 1.807) is 0 Å².